The molecule has 139 heavy (non-hydrogen) atoms. The van der Waals surface area contributed by atoms with Crippen LogP contribution in [0.3, 0.4) is 0 Å². The summed E-state index contributed by atoms with van der Waals surface area (Å²) in [5, 5.41) is 0. The van der Waals surface area contributed by atoms with E-state index in [4.69, 9.17) is 56.8 Å². The molecular weight excluding hydrogens is 1750 g/mol. The van der Waals surface area contributed by atoms with Crippen LogP contribution in [-0.4, -0.2) is 121 Å². The molecular formula is C119H172O20. The van der Waals surface area contributed by atoms with E-state index in [1.54, 1.807) is 24.3 Å². The van der Waals surface area contributed by atoms with Gasteiger partial charge >= 0.3 is 47.8 Å². The van der Waals surface area contributed by atoms with Crippen LogP contribution in [0.4, 0.5) is 0 Å². The van der Waals surface area contributed by atoms with Crippen molar-refractivity contribution in [3.63, 3.8) is 0 Å². The van der Waals surface area contributed by atoms with Crippen LogP contribution in [0.1, 0.15) is 440 Å². The van der Waals surface area contributed by atoms with E-state index in [0.717, 1.165) is 189 Å². The van der Waals surface area contributed by atoms with Gasteiger partial charge < -0.3 is 56.8 Å². The summed E-state index contributed by atoms with van der Waals surface area (Å²) in [4.78, 5) is 96.1. The molecule has 6 atom stereocenters. The van der Waals surface area contributed by atoms with Crippen molar-refractivity contribution in [2.75, 3.05) is 39.6 Å². The number of rotatable bonds is 38. The number of esters is 8. The standard InChI is InChI=1S/C25H36O3.2C20H28O4.C20H30O3.C18H26O3.C16H24O3/c1-5-17(2)21-6-8-22(9-7-21)27-16-23(26)28-24(3,4)25-13-18-10-19(14-25)12-20(11-18)15-25;1-4-15(2)16-8-10-17(11-9-16)19(22)23-14-18(21)24-20(3)12-6-5-7-13-20;1-4-15(3)16-8-10-17(11-9-16)19(22)23-14-18(21)24-20(5-2)12-6-7-13-20;1-4-16(3)17-9-11-18(12-10-17)22-15-19(21)23-20(5-2)13-7-6-8-14-20;1-4-14(2)15-8-7-9-16(12-15)20-13-17(19)21-18(3)10-5-6-11-18;1-6-12(2)13-7-9-14(10-8-13)18-11-15(17)19-16(3,4)5/h6-9,17-20H,5,10-16H2,1-4H3;2*8-11,15H,4-7,12-14H2,1-3H3;9-12,16H,4-8,13-15H2,1-3H3;7-9,12,14H,4-6,10-11,13H2,1-3H3;7-10,12H,6,11H2,1-5H3. The van der Waals surface area contributed by atoms with Crippen molar-refractivity contribution < 1.29 is 95.2 Å². The smallest absolute Gasteiger partial charge is 0.344 e. The molecule has 6 unspecified atom stereocenters. The molecule has 0 radical (unpaired) electrons. The van der Waals surface area contributed by atoms with Crippen LogP contribution in [0.2, 0.25) is 0 Å². The fraction of sp³-hybridized carbons (Fsp3) is 0.630. The monoisotopic (exact) mass is 1920 g/mol. The molecule has 8 saturated carbocycles. The van der Waals surface area contributed by atoms with E-state index in [1.165, 1.54) is 84.7 Å². The Hall–Kier alpha value is -9.72. The van der Waals surface area contributed by atoms with E-state index in [2.05, 4.69) is 134 Å². The van der Waals surface area contributed by atoms with Gasteiger partial charge in [-0.15, -0.1) is 0 Å². The summed E-state index contributed by atoms with van der Waals surface area (Å²) < 4.78 is 66.2. The van der Waals surface area contributed by atoms with E-state index in [0.29, 0.717) is 52.4 Å². The zero-order valence-corrected chi connectivity index (χ0v) is 88.6. The molecule has 0 saturated heterocycles. The van der Waals surface area contributed by atoms with Crippen molar-refractivity contribution >= 4 is 47.8 Å². The fourth-order valence-corrected chi connectivity index (χ4v) is 20.6. The van der Waals surface area contributed by atoms with Gasteiger partial charge in [0.25, 0.3) is 0 Å². The summed E-state index contributed by atoms with van der Waals surface area (Å²) in [6.07, 6.45) is 34.9. The Labute approximate surface area is 834 Å². The van der Waals surface area contributed by atoms with Gasteiger partial charge in [-0.1, -0.05) is 183 Å². The number of hydrogen-bond donors (Lipinski definition) is 0. The summed E-state index contributed by atoms with van der Waals surface area (Å²) in [5.74, 6) is 5.48. The molecule has 20 heteroatoms. The topological polar surface area (TPSA) is 247 Å². The first-order chi connectivity index (χ1) is 66.1. The van der Waals surface area contributed by atoms with Gasteiger partial charge in [0.15, 0.2) is 39.6 Å². The third kappa shape index (κ3) is 37.3. The average molecular weight is 1920 g/mol. The number of ether oxygens (including phenoxy) is 12. The second-order valence-corrected chi connectivity index (χ2v) is 42.9. The Morgan fingerprint density at radius 2 is 0.583 bits per heavy atom. The summed E-state index contributed by atoms with van der Waals surface area (Å²) >= 11 is 0. The molecule has 0 amide bonds. The molecule has 0 aromatic heterocycles. The lowest BCUT2D eigenvalue weighted by Gasteiger charge is -2.61. The number of hydrogen-bond acceptors (Lipinski definition) is 20. The normalized spacial score (nSPS) is 20.1. The molecule has 768 valence electrons. The maximum atomic E-state index is 12.6. The third-order valence-electron chi connectivity index (χ3n) is 30.6. The van der Waals surface area contributed by atoms with Crippen molar-refractivity contribution in [2.45, 2.75) is 420 Å². The fourth-order valence-electron chi connectivity index (χ4n) is 20.6. The Bertz CT molecular complexity index is 4670. The van der Waals surface area contributed by atoms with Crippen LogP contribution in [0.5, 0.6) is 23.0 Å². The van der Waals surface area contributed by atoms with Gasteiger partial charge in [0.2, 0.25) is 0 Å². The zero-order chi connectivity index (χ0) is 102. The number of carbonyl (C=O) groups is 8. The molecule has 20 nitrogen and oxygen atoms in total. The van der Waals surface area contributed by atoms with Crippen molar-refractivity contribution in [1.29, 1.82) is 0 Å². The van der Waals surface area contributed by atoms with Crippen molar-refractivity contribution in [2.24, 2.45) is 23.2 Å². The van der Waals surface area contributed by atoms with Crippen LogP contribution in [0.15, 0.2) is 146 Å². The van der Waals surface area contributed by atoms with Gasteiger partial charge in [-0.05, 0) is 401 Å². The van der Waals surface area contributed by atoms with Gasteiger partial charge in [-0.25, -0.2) is 38.4 Å². The van der Waals surface area contributed by atoms with Crippen LogP contribution < -0.4 is 18.9 Å². The highest BCUT2D eigenvalue weighted by molar-refractivity contribution is 5.91. The predicted molar refractivity (Wildman–Crippen MR) is 550 cm³/mol. The molecule has 8 aliphatic rings. The summed E-state index contributed by atoms with van der Waals surface area (Å²) in [6, 6.07) is 46.7. The summed E-state index contributed by atoms with van der Waals surface area (Å²) in [5.41, 5.74) is 6.45. The molecule has 0 spiro atoms. The number of benzene rings is 6. The second kappa shape index (κ2) is 55.6. The molecule has 8 fully saturated rings. The Kier molecular flexibility index (Phi) is 45.8. The van der Waals surface area contributed by atoms with Crippen LogP contribution in [0.25, 0.3) is 0 Å². The highest BCUT2D eigenvalue weighted by atomic mass is 16.6. The van der Waals surface area contributed by atoms with E-state index >= 15 is 0 Å². The van der Waals surface area contributed by atoms with Gasteiger partial charge in [0, 0.05) is 5.41 Å². The average Bonchev–Trinajstić information content (AvgIpc) is 1.35. The first-order valence-corrected chi connectivity index (χ1v) is 52.9. The van der Waals surface area contributed by atoms with Crippen molar-refractivity contribution in [1.82, 2.24) is 0 Å². The largest absolute Gasteiger partial charge is 0.482 e. The highest BCUT2D eigenvalue weighted by Crippen LogP contribution is 2.64. The molecule has 0 heterocycles. The van der Waals surface area contributed by atoms with Gasteiger partial charge in [0.1, 0.15) is 56.6 Å². The Morgan fingerprint density at radius 3 is 0.914 bits per heavy atom. The van der Waals surface area contributed by atoms with E-state index in [9.17, 15) is 38.4 Å². The minimum atomic E-state index is -0.489. The van der Waals surface area contributed by atoms with E-state index in [1.807, 2.05) is 133 Å². The van der Waals surface area contributed by atoms with Crippen LogP contribution in [0, 0.1) is 23.2 Å². The van der Waals surface area contributed by atoms with Crippen molar-refractivity contribution in [3.8, 4) is 23.0 Å². The van der Waals surface area contributed by atoms with Crippen LogP contribution >= 0.6 is 0 Å². The SMILES string of the molecule is CCC(C)c1ccc(C(=O)OCC(=O)OC2(C)CCCCC2)cc1.CCC(C)c1ccc(C(=O)OCC(=O)OC2(CC)CCCC2)cc1.CCC(C)c1ccc(OCC(=O)OC(C)(C)C)cc1.CCC(C)c1ccc(OCC(=O)OC(C)(C)C23CC4CC(CC(C4)C2)C3)cc1.CCC(C)c1ccc(OCC(=O)OC2(CC)CCCCC2)cc1.CCC(C)c1cccc(OCC(=O)OC2(C)CCCC2)c1. The molecule has 0 aliphatic heterocycles. The second-order valence-electron chi connectivity index (χ2n) is 42.9. The third-order valence-corrected chi connectivity index (χ3v) is 30.6. The Morgan fingerprint density at radius 1 is 0.309 bits per heavy atom. The first kappa shape index (κ1) is 115. The molecule has 6 aromatic carbocycles. The van der Waals surface area contributed by atoms with E-state index < -0.39 is 40.7 Å². The number of carbonyl (C=O) groups excluding carboxylic acids is 8. The Balaban J connectivity index is 0.000000205. The predicted octanol–water partition coefficient (Wildman–Crippen LogP) is 29.0. The maximum absolute atomic E-state index is 12.6. The summed E-state index contributed by atoms with van der Waals surface area (Å²) in [6.45, 7) is 43.2. The van der Waals surface area contributed by atoms with Gasteiger partial charge in [0.05, 0.1) is 11.1 Å². The highest BCUT2D eigenvalue weighted by Gasteiger charge is 2.59. The molecule has 6 aromatic rings. The quantitative estimate of drug-likeness (QED) is 0.0258. The molecule has 14 rings (SSSR count). The molecule has 8 aliphatic carbocycles. The maximum Gasteiger partial charge on any atom is 0.344 e. The lowest BCUT2D eigenvalue weighted by atomic mass is 9.46. The lowest BCUT2D eigenvalue weighted by Crippen LogP contribution is -2.57. The molecule has 4 bridgehead atoms. The lowest BCUT2D eigenvalue weighted by molar-refractivity contribution is -0.200. The zero-order valence-electron chi connectivity index (χ0n) is 88.6. The van der Waals surface area contributed by atoms with E-state index in [-0.39, 0.29) is 85.7 Å². The minimum absolute atomic E-state index is 0.00950. The first-order valence-electron chi connectivity index (χ1n) is 52.9. The molecule has 0 N–H and O–H groups in total. The summed E-state index contributed by atoms with van der Waals surface area (Å²) in [7, 11) is 0. The minimum Gasteiger partial charge on any atom is -0.482 e. The van der Waals surface area contributed by atoms with Gasteiger partial charge in [-0.3, -0.25) is 0 Å². The van der Waals surface area contributed by atoms with Crippen molar-refractivity contribution in [3.05, 3.63) is 190 Å². The van der Waals surface area contributed by atoms with Crippen LogP contribution in [-0.2, 0) is 66.7 Å². The van der Waals surface area contributed by atoms with Gasteiger partial charge in [-0.2, -0.15) is 0 Å².